The molecule has 1 heterocycles. The summed E-state index contributed by atoms with van der Waals surface area (Å²) >= 11 is 5.44. The van der Waals surface area contributed by atoms with E-state index in [1.165, 1.54) is 18.2 Å². The largest absolute Gasteiger partial charge is 0.360 e. The first-order valence-corrected chi connectivity index (χ1v) is 7.70. The van der Waals surface area contributed by atoms with E-state index in [1.807, 2.05) is 40.8 Å². The molecule has 0 spiro atoms. The van der Waals surface area contributed by atoms with Crippen LogP contribution in [0.4, 0.5) is 4.39 Å². The zero-order valence-corrected chi connectivity index (χ0v) is 13.8. The first kappa shape index (κ1) is 13.8. The van der Waals surface area contributed by atoms with Crippen molar-refractivity contribution in [2.75, 3.05) is 0 Å². The zero-order valence-electron chi connectivity index (χ0n) is 10.1. The number of fused-ring (bicyclic) bond motifs is 1. The van der Waals surface area contributed by atoms with Crippen LogP contribution >= 0.6 is 38.5 Å². The van der Waals surface area contributed by atoms with E-state index >= 15 is 0 Å². The third-order valence-electron chi connectivity index (χ3n) is 3.08. The number of aromatic amines is 1. The highest BCUT2D eigenvalue weighted by atomic mass is 127. The fourth-order valence-corrected chi connectivity index (χ4v) is 3.44. The second kappa shape index (κ2) is 5.29. The van der Waals surface area contributed by atoms with Gasteiger partial charge in [-0.25, -0.2) is 4.39 Å². The van der Waals surface area contributed by atoms with Gasteiger partial charge in [-0.05, 0) is 52.9 Å². The van der Waals surface area contributed by atoms with Gasteiger partial charge in [-0.15, -0.1) is 0 Å². The molecular formula is C15H8BrFINO. The molecule has 0 aliphatic rings. The number of aromatic nitrogens is 1. The minimum atomic E-state index is -0.342. The maximum atomic E-state index is 13.1. The maximum absolute atomic E-state index is 13.1. The van der Waals surface area contributed by atoms with Crippen molar-refractivity contribution in [3.63, 3.8) is 0 Å². The highest BCUT2D eigenvalue weighted by molar-refractivity contribution is 14.1. The van der Waals surface area contributed by atoms with Crippen molar-refractivity contribution >= 4 is 55.2 Å². The van der Waals surface area contributed by atoms with Crippen LogP contribution in [0.3, 0.4) is 0 Å². The number of nitrogens with one attached hydrogen (secondary N) is 1. The summed E-state index contributed by atoms with van der Waals surface area (Å²) in [6.45, 7) is 0. The van der Waals surface area contributed by atoms with E-state index in [9.17, 15) is 9.18 Å². The van der Waals surface area contributed by atoms with Crippen LogP contribution in [-0.4, -0.2) is 10.8 Å². The van der Waals surface area contributed by atoms with Crippen LogP contribution in [0, 0.1) is 9.39 Å². The smallest absolute Gasteiger partial charge is 0.196 e. The van der Waals surface area contributed by atoms with Crippen molar-refractivity contribution in [2.24, 2.45) is 0 Å². The lowest BCUT2D eigenvalue weighted by atomic mass is 10.0. The number of H-pyrrole nitrogens is 1. The van der Waals surface area contributed by atoms with Gasteiger partial charge in [0.1, 0.15) is 5.82 Å². The van der Waals surface area contributed by atoms with Crippen LogP contribution in [0.2, 0.25) is 0 Å². The molecule has 0 unspecified atom stereocenters. The van der Waals surface area contributed by atoms with Gasteiger partial charge in [0, 0.05) is 36.3 Å². The van der Waals surface area contributed by atoms with Crippen molar-refractivity contribution in [1.29, 1.82) is 0 Å². The number of ketones is 1. The molecule has 0 atom stereocenters. The van der Waals surface area contributed by atoms with Gasteiger partial charge < -0.3 is 4.98 Å². The molecule has 0 radical (unpaired) electrons. The van der Waals surface area contributed by atoms with Crippen LogP contribution in [0.25, 0.3) is 10.9 Å². The van der Waals surface area contributed by atoms with E-state index in [-0.39, 0.29) is 11.6 Å². The number of benzene rings is 2. The number of rotatable bonds is 2. The van der Waals surface area contributed by atoms with Gasteiger partial charge in [-0.1, -0.05) is 22.0 Å². The molecule has 0 bridgehead atoms. The van der Waals surface area contributed by atoms with Crippen LogP contribution in [0.1, 0.15) is 15.9 Å². The highest BCUT2D eigenvalue weighted by Crippen LogP contribution is 2.29. The molecule has 0 fully saturated rings. The minimum Gasteiger partial charge on any atom is -0.360 e. The number of hydrogen-bond donors (Lipinski definition) is 1. The van der Waals surface area contributed by atoms with Gasteiger partial charge in [0.25, 0.3) is 0 Å². The Balaban J connectivity index is 2.18. The Morgan fingerprint density at radius 3 is 2.75 bits per heavy atom. The van der Waals surface area contributed by atoms with Crippen molar-refractivity contribution in [1.82, 2.24) is 4.98 Å². The molecule has 2 nitrogen and oxygen atoms in total. The van der Waals surface area contributed by atoms with E-state index in [2.05, 4.69) is 20.9 Å². The second-order valence-electron chi connectivity index (χ2n) is 4.32. The predicted molar refractivity (Wildman–Crippen MR) is 88.5 cm³/mol. The molecule has 20 heavy (non-hydrogen) atoms. The zero-order chi connectivity index (χ0) is 14.3. The van der Waals surface area contributed by atoms with Crippen LogP contribution in [-0.2, 0) is 0 Å². The topological polar surface area (TPSA) is 32.9 Å². The number of carbonyl (C=O) groups is 1. The minimum absolute atomic E-state index is 0.118. The van der Waals surface area contributed by atoms with Gasteiger partial charge in [0.2, 0.25) is 0 Å². The summed E-state index contributed by atoms with van der Waals surface area (Å²) in [5, 5.41) is 0.845. The molecular weight excluding hydrogens is 436 g/mol. The van der Waals surface area contributed by atoms with E-state index < -0.39 is 0 Å². The SMILES string of the molecule is O=C(c1ccc(F)cc1I)c1c[nH]c2cccc(Br)c12. The average molecular weight is 444 g/mol. The third-order valence-corrected chi connectivity index (χ3v) is 4.63. The Kier molecular flexibility index (Phi) is 3.64. The van der Waals surface area contributed by atoms with Crippen LogP contribution < -0.4 is 0 Å². The lowest BCUT2D eigenvalue weighted by molar-refractivity contribution is 0.103. The van der Waals surface area contributed by atoms with E-state index in [1.54, 1.807) is 6.20 Å². The van der Waals surface area contributed by atoms with Crippen molar-refractivity contribution in [3.05, 3.63) is 67.6 Å². The van der Waals surface area contributed by atoms with Gasteiger partial charge >= 0.3 is 0 Å². The summed E-state index contributed by atoms with van der Waals surface area (Å²) in [5.41, 5.74) is 1.97. The summed E-state index contributed by atoms with van der Waals surface area (Å²) in [4.78, 5) is 15.7. The summed E-state index contributed by atoms with van der Waals surface area (Å²) < 4.78 is 14.6. The highest BCUT2D eigenvalue weighted by Gasteiger charge is 2.18. The van der Waals surface area contributed by atoms with Gasteiger partial charge in [-0.3, -0.25) is 4.79 Å². The monoisotopic (exact) mass is 443 g/mol. The molecule has 0 aliphatic carbocycles. The standard InChI is InChI=1S/C15H8BrFINO/c16-11-2-1-3-13-14(11)10(7-19-13)15(20)9-5-4-8(17)6-12(9)18/h1-7,19H. The summed E-state index contributed by atoms with van der Waals surface area (Å²) in [5.74, 6) is -0.460. The molecule has 100 valence electrons. The van der Waals surface area contributed by atoms with Crippen molar-refractivity contribution < 1.29 is 9.18 Å². The van der Waals surface area contributed by atoms with E-state index in [0.29, 0.717) is 14.7 Å². The molecule has 0 aliphatic heterocycles. The lowest BCUT2D eigenvalue weighted by Crippen LogP contribution is -2.03. The van der Waals surface area contributed by atoms with Crippen molar-refractivity contribution in [2.45, 2.75) is 0 Å². The van der Waals surface area contributed by atoms with E-state index in [0.717, 1.165) is 15.4 Å². The van der Waals surface area contributed by atoms with Gasteiger partial charge in [0.15, 0.2) is 5.78 Å². The normalized spacial score (nSPS) is 10.9. The Bertz CT molecular complexity index is 828. The predicted octanol–water partition coefficient (Wildman–Crippen LogP) is 4.91. The molecule has 3 rings (SSSR count). The second-order valence-corrected chi connectivity index (χ2v) is 6.33. The number of halogens is 3. The van der Waals surface area contributed by atoms with Crippen LogP contribution in [0.15, 0.2) is 47.1 Å². The summed E-state index contributed by atoms with van der Waals surface area (Å²) in [6.07, 6.45) is 1.69. The first-order chi connectivity index (χ1) is 9.58. The molecule has 0 amide bonds. The van der Waals surface area contributed by atoms with Gasteiger partial charge in [-0.2, -0.15) is 0 Å². The van der Waals surface area contributed by atoms with Crippen molar-refractivity contribution in [3.8, 4) is 0 Å². The lowest BCUT2D eigenvalue weighted by Gasteiger charge is -2.04. The maximum Gasteiger partial charge on any atom is 0.196 e. The van der Waals surface area contributed by atoms with Crippen LogP contribution in [0.5, 0.6) is 0 Å². The third kappa shape index (κ3) is 2.29. The Morgan fingerprint density at radius 1 is 1.20 bits per heavy atom. The Morgan fingerprint density at radius 2 is 2.00 bits per heavy atom. The average Bonchev–Trinajstić information content (AvgIpc) is 2.83. The Labute approximate surface area is 136 Å². The molecule has 0 saturated carbocycles. The molecule has 3 aromatic rings. The molecule has 5 heteroatoms. The Hall–Kier alpha value is -1.21. The number of carbonyl (C=O) groups excluding carboxylic acids is 1. The summed E-state index contributed by atoms with van der Waals surface area (Å²) in [7, 11) is 0. The molecule has 1 N–H and O–H groups in total. The van der Waals surface area contributed by atoms with E-state index in [4.69, 9.17) is 0 Å². The van der Waals surface area contributed by atoms with Gasteiger partial charge in [0.05, 0.1) is 0 Å². The molecule has 1 aromatic heterocycles. The first-order valence-electron chi connectivity index (χ1n) is 5.83. The fraction of sp³-hybridized carbons (Fsp3) is 0. The molecule has 2 aromatic carbocycles. The number of hydrogen-bond acceptors (Lipinski definition) is 1. The fourth-order valence-electron chi connectivity index (χ4n) is 2.14. The molecule has 0 saturated heterocycles. The quantitative estimate of drug-likeness (QED) is 0.443. The summed E-state index contributed by atoms with van der Waals surface area (Å²) in [6, 6.07) is 9.89.